The average molecular weight is 433 g/mol. The summed E-state index contributed by atoms with van der Waals surface area (Å²) in [6.07, 6.45) is -1.36. The lowest BCUT2D eigenvalue weighted by molar-refractivity contribution is -0.125. The minimum atomic E-state index is -1.36. The topological polar surface area (TPSA) is 121 Å². The number of nitrogens with one attached hydrogen (secondary N) is 2. The summed E-state index contributed by atoms with van der Waals surface area (Å²) in [4.78, 5) is 43.7. The van der Waals surface area contributed by atoms with Gasteiger partial charge < -0.3 is 20.5 Å². The van der Waals surface area contributed by atoms with E-state index in [2.05, 4.69) is 15.6 Å². The molecule has 3 N–H and O–H groups in total. The molecule has 0 radical (unpaired) electrons. The van der Waals surface area contributed by atoms with Crippen LogP contribution in [-0.4, -0.2) is 51.8 Å². The van der Waals surface area contributed by atoms with Crippen molar-refractivity contribution in [2.75, 3.05) is 17.2 Å². The number of thiazole rings is 1. The summed E-state index contributed by atoms with van der Waals surface area (Å²) in [5, 5.41) is 16.3. The molecule has 0 saturated heterocycles. The van der Waals surface area contributed by atoms with Crippen molar-refractivity contribution in [1.82, 2.24) is 9.88 Å². The van der Waals surface area contributed by atoms with Gasteiger partial charge in [0, 0.05) is 0 Å². The Morgan fingerprint density at radius 1 is 1.37 bits per heavy atom. The number of rotatable bonds is 6. The predicted octanol–water partition coefficient (Wildman–Crippen LogP) is 2.44. The van der Waals surface area contributed by atoms with E-state index in [4.69, 9.17) is 4.74 Å². The first kappa shape index (κ1) is 21.7. The molecular formula is C20H24N4O5S. The fourth-order valence-electron chi connectivity index (χ4n) is 3.30. The van der Waals surface area contributed by atoms with E-state index in [1.54, 1.807) is 52.0 Å². The highest BCUT2D eigenvalue weighted by Crippen LogP contribution is 2.29. The highest BCUT2D eigenvalue weighted by molar-refractivity contribution is 7.17. The van der Waals surface area contributed by atoms with Crippen LogP contribution in [0.1, 0.15) is 46.5 Å². The van der Waals surface area contributed by atoms with Crippen LogP contribution in [0.2, 0.25) is 0 Å². The van der Waals surface area contributed by atoms with Gasteiger partial charge >= 0.3 is 5.97 Å². The number of amides is 2. The van der Waals surface area contributed by atoms with Crippen molar-refractivity contribution in [2.45, 2.75) is 40.1 Å². The van der Waals surface area contributed by atoms with Gasteiger partial charge in [0.2, 0.25) is 12.3 Å². The molecule has 1 aromatic heterocycles. The molecule has 3 rings (SSSR count). The van der Waals surface area contributed by atoms with Crippen molar-refractivity contribution < 1.29 is 24.2 Å². The molecule has 2 atom stereocenters. The van der Waals surface area contributed by atoms with Crippen LogP contribution < -0.4 is 10.6 Å². The zero-order valence-corrected chi connectivity index (χ0v) is 17.9. The van der Waals surface area contributed by atoms with Gasteiger partial charge in [0.15, 0.2) is 5.13 Å². The second-order valence-corrected chi connectivity index (χ2v) is 8.11. The number of carbonyl (C=O) groups is 3. The number of aryl methyl sites for hydroxylation is 1. The fraction of sp³-hybridized carbons (Fsp3) is 0.400. The molecule has 1 aliphatic heterocycles. The number of fused-ring (bicyclic) bond motifs is 1. The summed E-state index contributed by atoms with van der Waals surface area (Å²) in [7, 11) is 0. The number of ether oxygens (including phenoxy) is 1. The van der Waals surface area contributed by atoms with Crippen LogP contribution in [0.3, 0.4) is 0 Å². The molecule has 10 heteroatoms. The van der Waals surface area contributed by atoms with Crippen LogP contribution in [0.4, 0.5) is 10.8 Å². The Kier molecular flexibility index (Phi) is 6.37. The molecular weight excluding hydrogens is 408 g/mol. The van der Waals surface area contributed by atoms with Gasteiger partial charge in [-0.3, -0.25) is 14.5 Å². The Hall–Kier alpha value is -2.98. The molecule has 0 bridgehead atoms. The highest BCUT2D eigenvalue weighted by Gasteiger charge is 2.41. The third kappa shape index (κ3) is 4.14. The Labute approximate surface area is 178 Å². The summed E-state index contributed by atoms with van der Waals surface area (Å²) < 4.78 is 4.99. The molecule has 0 fully saturated rings. The van der Waals surface area contributed by atoms with E-state index >= 15 is 0 Å². The SMILES string of the molecule is CCOC(=O)c1sc(NC(=O)C(C(C)C)N2C(=O)c3ccccc3NC2O)nc1C. The molecule has 2 aromatic rings. The maximum atomic E-state index is 13.1. The number of hydrogen-bond acceptors (Lipinski definition) is 8. The standard InChI is InChI=1S/C20H24N4O5S/c1-5-29-18(27)15-11(4)21-19(30-15)23-16(25)14(10(2)3)24-17(26)12-8-6-7-9-13(12)22-20(24)28/h6-10,14,20,22,28H,5H2,1-4H3,(H,21,23,25). The number of aliphatic hydroxyl groups excluding tert-OH is 1. The van der Waals surface area contributed by atoms with Crippen molar-refractivity contribution in [3.63, 3.8) is 0 Å². The maximum absolute atomic E-state index is 13.1. The van der Waals surface area contributed by atoms with Gasteiger partial charge in [0.05, 0.1) is 23.6 Å². The van der Waals surface area contributed by atoms with Crippen molar-refractivity contribution in [2.24, 2.45) is 5.92 Å². The van der Waals surface area contributed by atoms with Crippen molar-refractivity contribution >= 4 is 39.9 Å². The molecule has 1 aliphatic rings. The van der Waals surface area contributed by atoms with Crippen molar-refractivity contribution in [1.29, 1.82) is 0 Å². The minimum absolute atomic E-state index is 0.221. The average Bonchev–Trinajstić information content (AvgIpc) is 3.04. The van der Waals surface area contributed by atoms with Gasteiger partial charge in [-0.2, -0.15) is 0 Å². The second kappa shape index (κ2) is 8.80. The number of anilines is 2. The lowest BCUT2D eigenvalue weighted by Crippen LogP contribution is -2.59. The largest absolute Gasteiger partial charge is 0.462 e. The summed E-state index contributed by atoms with van der Waals surface area (Å²) >= 11 is 1.00. The van der Waals surface area contributed by atoms with Crippen LogP contribution >= 0.6 is 11.3 Å². The van der Waals surface area contributed by atoms with Gasteiger partial charge in [0.25, 0.3) is 5.91 Å². The third-order valence-corrected chi connectivity index (χ3v) is 5.68. The van der Waals surface area contributed by atoms with Crippen molar-refractivity contribution in [3.05, 3.63) is 40.4 Å². The third-order valence-electron chi connectivity index (χ3n) is 4.63. The fourth-order valence-corrected chi connectivity index (χ4v) is 4.16. The van der Waals surface area contributed by atoms with Gasteiger partial charge in [0.1, 0.15) is 10.9 Å². The summed E-state index contributed by atoms with van der Waals surface area (Å²) in [6.45, 7) is 7.15. The first-order chi connectivity index (χ1) is 14.2. The lowest BCUT2D eigenvalue weighted by atomic mass is 9.99. The van der Waals surface area contributed by atoms with Crippen LogP contribution in [0.5, 0.6) is 0 Å². The number of nitrogens with zero attached hydrogens (tertiary/aromatic N) is 2. The molecule has 1 aromatic carbocycles. The molecule has 2 heterocycles. The molecule has 0 aliphatic carbocycles. The van der Waals surface area contributed by atoms with E-state index in [1.807, 2.05) is 0 Å². The molecule has 30 heavy (non-hydrogen) atoms. The van der Waals surface area contributed by atoms with E-state index in [1.165, 1.54) is 0 Å². The quantitative estimate of drug-likeness (QED) is 0.600. The Bertz CT molecular complexity index is 974. The summed E-state index contributed by atoms with van der Waals surface area (Å²) in [5.41, 5.74) is 1.32. The van der Waals surface area contributed by atoms with Crippen LogP contribution in [0.15, 0.2) is 24.3 Å². The maximum Gasteiger partial charge on any atom is 0.350 e. The molecule has 160 valence electrons. The number of hydrogen-bond donors (Lipinski definition) is 3. The number of para-hydroxylation sites is 1. The number of aliphatic hydroxyl groups is 1. The van der Waals surface area contributed by atoms with E-state index in [0.717, 1.165) is 16.2 Å². The Balaban J connectivity index is 1.85. The lowest BCUT2D eigenvalue weighted by Gasteiger charge is -2.40. The number of esters is 1. The predicted molar refractivity (Wildman–Crippen MR) is 112 cm³/mol. The van der Waals surface area contributed by atoms with Gasteiger partial charge in [-0.05, 0) is 31.9 Å². The minimum Gasteiger partial charge on any atom is -0.462 e. The van der Waals surface area contributed by atoms with E-state index in [9.17, 15) is 19.5 Å². The molecule has 9 nitrogen and oxygen atoms in total. The smallest absolute Gasteiger partial charge is 0.350 e. The molecule has 2 unspecified atom stereocenters. The van der Waals surface area contributed by atoms with Crippen molar-refractivity contribution in [3.8, 4) is 0 Å². The monoisotopic (exact) mass is 432 g/mol. The number of benzene rings is 1. The molecule has 2 amide bonds. The molecule has 0 saturated carbocycles. The molecule has 0 spiro atoms. The number of aromatic nitrogens is 1. The van der Waals surface area contributed by atoms with Gasteiger partial charge in [-0.1, -0.05) is 37.3 Å². The second-order valence-electron chi connectivity index (χ2n) is 7.11. The van der Waals surface area contributed by atoms with Crippen LogP contribution in [0, 0.1) is 12.8 Å². The summed E-state index contributed by atoms with van der Waals surface area (Å²) in [5.74, 6) is -1.77. The van der Waals surface area contributed by atoms with E-state index in [-0.39, 0.29) is 17.7 Å². The normalized spacial score (nSPS) is 16.7. The van der Waals surface area contributed by atoms with Gasteiger partial charge in [-0.25, -0.2) is 9.78 Å². The Morgan fingerprint density at radius 2 is 2.07 bits per heavy atom. The Morgan fingerprint density at radius 3 is 2.73 bits per heavy atom. The summed E-state index contributed by atoms with van der Waals surface area (Å²) in [6, 6.07) is 5.82. The first-order valence-electron chi connectivity index (χ1n) is 9.56. The van der Waals surface area contributed by atoms with E-state index < -0.39 is 30.2 Å². The number of carbonyl (C=O) groups excluding carboxylic acids is 3. The highest BCUT2D eigenvalue weighted by atomic mass is 32.1. The zero-order chi connectivity index (χ0) is 22.0. The van der Waals surface area contributed by atoms with Crippen LogP contribution in [-0.2, 0) is 9.53 Å². The van der Waals surface area contributed by atoms with Crippen LogP contribution in [0.25, 0.3) is 0 Å². The first-order valence-corrected chi connectivity index (χ1v) is 10.4. The zero-order valence-electron chi connectivity index (χ0n) is 17.1. The van der Waals surface area contributed by atoms with Gasteiger partial charge in [-0.15, -0.1) is 0 Å². The van der Waals surface area contributed by atoms with E-state index in [0.29, 0.717) is 21.8 Å².